The maximum absolute atomic E-state index is 12.0. The molecule has 2 heterocycles. The summed E-state index contributed by atoms with van der Waals surface area (Å²) in [6.07, 6.45) is 3.10. The molecule has 1 aromatic carbocycles. The summed E-state index contributed by atoms with van der Waals surface area (Å²) in [6, 6.07) is 7.48. The van der Waals surface area contributed by atoms with Crippen LogP contribution in [-0.4, -0.2) is 41.1 Å². The lowest BCUT2D eigenvalue weighted by atomic mass is 10.2. The van der Waals surface area contributed by atoms with E-state index in [4.69, 9.17) is 9.26 Å². The van der Waals surface area contributed by atoms with Crippen molar-refractivity contribution in [2.24, 2.45) is 0 Å². The van der Waals surface area contributed by atoms with Crippen molar-refractivity contribution in [2.75, 3.05) is 20.2 Å². The zero-order valence-corrected chi connectivity index (χ0v) is 12.6. The minimum Gasteiger partial charge on any atom is -0.497 e. The molecule has 0 atom stereocenters. The van der Waals surface area contributed by atoms with Crippen molar-refractivity contribution in [1.82, 2.24) is 15.0 Å². The van der Waals surface area contributed by atoms with E-state index in [1.54, 1.807) is 7.11 Å². The normalized spacial score (nSPS) is 14.3. The number of likely N-dealkylation sites (tertiary alicyclic amines) is 1. The first-order valence-corrected chi connectivity index (χ1v) is 7.51. The smallest absolute Gasteiger partial charge is 0.227 e. The van der Waals surface area contributed by atoms with E-state index >= 15 is 0 Å². The molecular weight excluding hydrogens is 282 g/mol. The number of carbonyl (C=O) groups is 1. The van der Waals surface area contributed by atoms with Crippen molar-refractivity contribution in [3.63, 3.8) is 0 Å². The van der Waals surface area contributed by atoms with Gasteiger partial charge in [-0.2, -0.15) is 4.98 Å². The van der Waals surface area contributed by atoms with Gasteiger partial charge in [0.05, 0.1) is 7.11 Å². The Labute approximate surface area is 129 Å². The predicted molar refractivity (Wildman–Crippen MR) is 80.4 cm³/mol. The fourth-order valence-electron chi connectivity index (χ4n) is 2.57. The summed E-state index contributed by atoms with van der Waals surface area (Å²) in [7, 11) is 1.62. The third kappa shape index (κ3) is 3.27. The highest BCUT2D eigenvalue weighted by atomic mass is 16.5. The molecule has 0 spiro atoms. The number of rotatable bonds is 5. The number of carbonyl (C=O) groups excluding carboxylic acids is 1. The molecule has 1 amide bonds. The number of hydrogen-bond donors (Lipinski definition) is 0. The minimum atomic E-state index is 0.165. The maximum atomic E-state index is 12.0. The van der Waals surface area contributed by atoms with Crippen LogP contribution < -0.4 is 4.74 Å². The molecule has 1 fully saturated rings. The molecule has 0 saturated carbocycles. The van der Waals surface area contributed by atoms with Crippen LogP contribution in [0, 0.1) is 0 Å². The molecule has 1 saturated heterocycles. The van der Waals surface area contributed by atoms with Crippen molar-refractivity contribution < 1.29 is 14.1 Å². The Balaban J connectivity index is 1.62. The highest BCUT2D eigenvalue weighted by Crippen LogP contribution is 2.21. The Morgan fingerprint density at radius 2 is 2.18 bits per heavy atom. The first-order chi connectivity index (χ1) is 10.8. The van der Waals surface area contributed by atoms with Gasteiger partial charge in [0, 0.05) is 31.5 Å². The highest BCUT2D eigenvalue weighted by Gasteiger charge is 2.18. The molecule has 3 rings (SSSR count). The van der Waals surface area contributed by atoms with E-state index in [0.717, 1.165) is 37.2 Å². The van der Waals surface area contributed by atoms with Gasteiger partial charge in [-0.05, 0) is 25.0 Å². The average Bonchev–Trinajstić information content (AvgIpc) is 3.24. The molecule has 22 heavy (non-hydrogen) atoms. The Kier molecular flexibility index (Phi) is 4.37. The summed E-state index contributed by atoms with van der Waals surface area (Å²) in [4.78, 5) is 18.3. The second-order valence-corrected chi connectivity index (χ2v) is 5.33. The molecular formula is C16H19N3O3. The molecule has 6 nitrogen and oxygen atoms in total. The summed E-state index contributed by atoms with van der Waals surface area (Å²) in [5, 5.41) is 3.97. The molecule has 6 heteroatoms. The van der Waals surface area contributed by atoms with Gasteiger partial charge in [0.2, 0.25) is 17.6 Å². The van der Waals surface area contributed by atoms with Crippen LogP contribution in [0.5, 0.6) is 5.75 Å². The largest absolute Gasteiger partial charge is 0.497 e. The fraction of sp³-hybridized carbons (Fsp3) is 0.438. The number of hydrogen-bond acceptors (Lipinski definition) is 5. The second kappa shape index (κ2) is 6.60. The Morgan fingerprint density at radius 1 is 1.36 bits per heavy atom. The summed E-state index contributed by atoms with van der Waals surface area (Å²) in [5.74, 6) is 1.92. The van der Waals surface area contributed by atoms with E-state index in [9.17, 15) is 4.79 Å². The number of methoxy groups -OCH3 is 1. The fourth-order valence-corrected chi connectivity index (χ4v) is 2.57. The quantitative estimate of drug-likeness (QED) is 0.847. The maximum Gasteiger partial charge on any atom is 0.227 e. The van der Waals surface area contributed by atoms with Gasteiger partial charge in [-0.3, -0.25) is 4.79 Å². The third-order valence-electron chi connectivity index (χ3n) is 3.81. The van der Waals surface area contributed by atoms with Crippen molar-refractivity contribution in [3.05, 3.63) is 30.2 Å². The van der Waals surface area contributed by atoms with Gasteiger partial charge in [0.1, 0.15) is 5.75 Å². The van der Waals surface area contributed by atoms with Crippen LogP contribution in [0.4, 0.5) is 0 Å². The average molecular weight is 301 g/mol. The van der Waals surface area contributed by atoms with Crippen LogP contribution >= 0.6 is 0 Å². The van der Waals surface area contributed by atoms with Gasteiger partial charge in [-0.25, -0.2) is 0 Å². The van der Waals surface area contributed by atoms with Gasteiger partial charge < -0.3 is 14.2 Å². The standard InChI is InChI=1S/C16H19N3O3/c1-21-13-6-4-5-12(11-13)16-17-14(22-18-16)7-8-15(20)19-9-2-3-10-19/h4-6,11H,2-3,7-10H2,1H3. The molecule has 0 bridgehead atoms. The van der Waals surface area contributed by atoms with Crippen molar-refractivity contribution in [2.45, 2.75) is 25.7 Å². The predicted octanol–water partition coefficient (Wildman–Crippen LogP) is 2.30. The van der Waals surface area contributed by atoms with Crippen molar-refractivity contribution >= 4 is 5.91 Å². The molecule has 116 valence electrons. The SMILES string of the molecule is COc1cccc(-c2noc(CCC(=O)N3CCCC3)n2)c1. The second-order valence-electron chi connectivity index (χ2n) is 5.33. The topological polar surface area (TPSA) is 68.5 Å². The van der Waals surface area contributed by atoms with Gasteiger partial charge in [-0.15, -0.1) is 0 Å². The van der Waals surface area contributed by atoms with Crippen molar-refractivity contribution in [3.8, 4) is 17.1 Å². The van der Waals surface area contributed by atoms with Crippen molar-refractivity contribution in [1.29, 1.82) is 0 Å². The first kappa shape index (κ1) is 14.6. The summed E-state index contributed by atoms with van der Waals surface area (Å²) in [5.41, 5.74) is 0.834. The van der Waals surface area contributed by atoms with E-state index in [2.05, 4.69) is 10.1 Å². The highest BCUT2D eigenvalue weighted by molar-refractivity contribution is 5.76. The lowest BCUT2D eigenvalue weighted by molar-refractivity contribution is -0.130. The number of ether oxygens (including phenoxy) is 1. The zero-order valence-electron chi connectivity index (χ0n) is 12.6. The van der Waals surface area contributed by atoms with Crippen LogP contribution in [0.25, 0.3) is 11.4 Å². The van der Waals surface area contributed by atoms with Gasteiger partial charge in [0.15, 0.2) is 0 Å². The lowest BCUT2D eigenvalue weighted by Crippen LogP contribution is -2.27. The number of aromatic nitrogens is 2. The van der Waals surface area contributed by atoms with Crippen LogP contribution in [-0.2, 0) is 11.2 Å². The summed E-state index contributed by atoms with van der Waals surface area (Å²) in [6.45, 7) is 1.75. The van der Waals surface area contributed by atoms with E-state index in [1.807, 2.05) is 29.2 Å². The number of amides is 1. The van der Waals surface area contributed by atoms with E-state index in [-0.39, 0.29) is 5.91 Å². The lowest BCUT2D eigenvalue weighted by Gasteiger charge is -2.13. The van der Waals surface area contributed by atoms with E-state index in [1.165, 1.54) is 0 Å². The van der Waals surface area contributed by atoms with E-state index < -0.39 is 0 Å². The number of benzene rings is 1. The van der Waals surface area contributed by atoms with Crippen LogP contribution in [0.15, 0.2) is 28.8 Å². The molecule has 1 aliphatic heterocycles. The zero-order chi connectivity index (χ0) is 15.4. The third-order valence-corrected chi connectivity index (χ3v) is 3.81. The molecule has 0 unspecified atom stereocenters. The Morgan fingerprint density at radius 3 is 2.95 bits per heavy atom. The molecule has 0 radical (unpaired) electrons. The molecule has 0 N–H and O–H groups in total. The molecule has 1 aliphatic rings. The van der Waals surface area contributed by atoms with E-state index in [0.29, 0.717) is 24.6 Å². The van der Waals surface area contributed by atoms with Gasteiger partial charge in [-0.1, -0.05) is 17.3 Å². The monoisotopic (exact) mass is 301 g/mol. The molecule has 0 aliphatic carbocycles. The first-order valence-electron chi connectivity index (χ1n) is 7.51. The van der Waals surface area contributed by atoms with Gasteiger partial charge in [0.25, 0.3) is 0 Å². The van der Waals surface area contributed by atoms with Gasteiger partial charge >= 0.3 is 0 Å². The van der Waals surface area contributed by atoms with Crippen LogP contribution in [0.2, 0.25) is 0 Å². The van der Waals surface area contributed by atoms with Crippen LogP contribution in [0.3, 0.4) is 0 Å². The summed E-state index contributed by atoms with van der Waals surface area (Å²) < 4.78 is 10.4. The van der Waals surface area contributed by atoms with Crippen LogP contribution in [0.1, 0.15) is 25.2 Å². The molecule has 1 aromatic heterocycles. The summed E-state index contributed by atoms with van der Waals surface area (Å²) >= 11 is 0. The number of nitrogens with zero attached hydrogens (tertiary/aromatic N) is 3. The molecule has 2 aromatic rings. The Bertz CT molecular complexity index is 648. The Hall–Kier alpha value is -2.37. The minimum absolute atomic E-state index is 0.165. The number of aryl methyl sites for hydroxylation is 1.